The average Bonchev–Trinajstić information content (AvgIpc) is 3.26. The summed E-state index contributed by atoms with van der Waals surface area (Å²) in [6.45, 7) is 2.39. The van der Waals surface area contributed by atoms with Crippen molar-refractivity contribution in [3.05, 3.63) is 40.5 Å². The summed E-state index contributed by atoms with van der Waals surface area (Å²) in [6, 6.07) is 3.78. The van der Waals surface area contributed by atoms with Gasteiger partial charge in [-0.15, -0.1) is 0 Å². The van der Waals surface area contributed by atoms with E-state index in [1.807, 2.05) is 0 Å². The molecule has 1 fully saturated rings. The monoisotopic (exact) mass is 534 g/mol. The first-order valence-corrected chi connectivity index (χ1v) is 12.1. The third-order valence-corrected chi connectivity index (χ3v) is 7.58. The summed E-state index contributed by atoms with van der Waals surface area (Å²) in [5.41, 5.74) is -0.965. The maximum absolute atomic E-state index is 13.7. The zero-order valence-corrected chi connectivity index (χ0v) is 20.6. The summed E-state index contributed by atoms with van der Waals surface area (Å²) in [4.78, 5) is 13.7. The van der Waals surface area contributed by atoms with Gasteiger partial charge in [0.05, 0.1) is 36.2 Å². The van der Waals surface area contributed by atoms with Gasteiger partial charge in [0.25, 0.3) is 0 Å². The Hall–Kier alpha value is -3.13. The van der Waals surface area contributed by atoms with Gasteiger partial charge < -0.3 is 55.1 Å². The molecule has 3 aliphatic rings. The fourth-order valence-corrected chi connectivity index (χ4v) is 5.42. The molecule has 206 valence electrons. The minimum absolute atomic E-state index is 0.181. The molecule has 0 aromatic heterocycles. The van der Waals surface area contributed by atoms with E-state index in [4.69, 9.17) is 14.2 Å². The highest BCUT2D eigenvalue weighted by Gasteiger charge is 2.48. The van der Waals surface area contributed by atoms with Crippen molar-refractivity contribution in [2.45, 2.75) is 61.8 Å². The zero-order chi connectivity index (χ0) is 27.7. The predicted molar refractivity (Wildman–Crippen MR) is 128 cm³/mol. The van der Waals surface area contributed by atoms with Crippen molar-refractivity contribution >= 4 is 5.78 Å². The molecule has 12 nitrogen and oxygen atoms in total. The molecule has 0 saturated carbocycles. The molecule has 0 bridgehead atoms. The fraction of sp³-hybridized carbons (Fsp3) is 0.500. The third-order valence-electron chi connectivity index (χ3n) is 7.58. The van der Waals surface area contributed by atoms with Crippen LogP contribution in [0.15, 0.2) is 18.2 Å². The fourth-order valence-electron chi connectivity index (χ4n) is 5.42. The molecule has 12 heteroatoms. The second-order valence-electron chi connectivity index (χ2n) is 10.5. The van der Waals surface area contributed by atoms with E-state index in [2.05, 4.69) is 0 Å². The predicted octanol–water partition coefficient (Wildman–Crippen LogP) is -0.0759. The molecule has 2 aromatic rings. The Morgan fingerprint density at radius 3 is 2.26 bits per heavy atom. The van der Waals surface area contributed by atoms with Crippen molar-refractivity contribution in [1.29, 1.82) is 0 Å². The lowest BCUT2D eigenvalue weighted by Gasteiger charge is -2.41. The van der Waals surface area contributed by atoms with Gasteiger partial charge in [0.1, 0.15) is 71.4 Å². The van der Waals surface area contributed by atoms with Crippen LogP contribution in [0.5, 0.6) is 28.7 Å². The second kappa shape index (κ2) is 9.26. The first-order chi connectivity index (χ1) is 17.8. The summed E-state index contributed by atoms with van der Waals surface area (Å²) < 4.78 is 17.0. The number of ether oxygens (including phenoxy) is 3. The highest BCUT2D eigenvalue weighted by molar-refractivity contribution is 6.07. The minimum atomic E-state index is -1.77. The van der Waals surface area contributed by atoms with E-state index >= 15 is 0 Å². The van der Waals surface area contributed by atoms with Gasteiger partial charge in [0.2, 0.25) is 0 Å². The number of aliphatic hydroxyl groups excluding tert-OH is 4. The lowest BCUT2D eigenvalue weighted by molar-refractivity contribution is -0.232. The quantitative estimate of drug-likeness (QED) is 0.259. The van der Waals surface area contributed by atoms with Crippen LogP contribution in [0.1, 0.15) is 58.8 Å². The Balaban J connectivity index is 1.56. The molecule has 3 aliphatic heterocycles. The van der Waals surface area contributed by atoms with Gasteiger partial charge in [-0.1, -0.05) is 0 Å². The number of rotatable bonds is 4. The summed E-state index contributed by atoms with van der Waals surface area (Å²) in [7, 11) is 0. The number of carbonyl (C=O) groups excluding carboxylic acids is 1. The topological polar surface area (TPSA) is 207 Å². The number of ketones is 1. The number of phenolic OH excluding ortho intramolecular Hbond substituents is 3. The molecular weight excluding hydrogens is 504 g/mol. The third kappa shape index (κ3) is 4.04. The number of hydrogen-bond acceptors (Lipinski definition) is 12. The summed E-state index contributed by atoms with van der Waals surface area (Å²) in [6.07, 6.45) is -7.99. The molecule has 5 rings (SSSR count). The van der Waals surface area contributed by atoms with Crippen molar-refractivity contribution < 1.29 is 59.9 Å². The molecule has 0 aliphatic carbocycles. The van der Waals surface area contributed by atoms with E-state index < -0.39 is 71.8 Å². The van der Waals surface area contributed by atoms with Gasteiger partial charge >= 0.3 is 0 Å². The second-order valence-corrected chi connectivity index (χ2v) is 10.5. The molecule has 3 heterocycles. The van der Waals surface area contributed by atoms with Gasteiger partial charge in [-0.25, -0.2) is 0 Å². The van der Waals surface area contributed by atoms with Gasteiger partial charge in [-0.2, -0.15) is 0 Å². The molecule has 7 atom stereocenters. The van der Waals surface area contributed by atoms with Gasteiger partial charge in [0.15, 0.2) is 5.78 Å². The molecule has 1 saturated heterocycles. The van der Waals surface area contributed by atoms with Crippen LogP contribution in [-0.2, 0) is 4.74 Å². The average molecular weight is 535 g/mol. The van der Waals surface area contributed by atoms with Crippen molar-refractivity contribution in [3.63, 3.8) is 0 Å². The van der Waals surface area contributed by atoms with E-state index in [0.29, 0.717) is 11.3 Å². The molecule has 0 unspecified atom stereocenters. The van der Waals surface area contributed by atoms with Crippen molar-refractivity contribution in [2.24, 2.45) is 0 Å². The van der Waals surface area contributed by atoms with Crippen LogP contribution in [0.4, 0.5) is 0 Å². The van der Waals surface area contributed by atoms with Crippen molar-refractivity contribution in [3.8, 4) is 28.7 Å². The maximum atomic E-state index is 13.7. The number of fused-ring (bicyclic) bond motifs is 2. The number of aromatic hydroxyl groups is 3. The standard InChI is InChI=1S/C26H30O12/c1-26(2,35)12-8-36-16-5-13(28)9(3-10(12)16)11-7-37-24-18(20(11)31)14(29)4-15(30)19(24)25-23(34)22(33)21(32)17(6-27)38-25/h3-5,11-12,17,21-23,25,27-30,32-35H,6-8H2,1-2H3/t11-,12-,17+,21-,22-,23+,25-/m1/s1. The Labute approximate surface area is 216 Å². The van der Waals surface area contributed by atoms with Crippen LogP contribution < -0.4 is 9.47 Å². The molecule has 0 spiro atoms. The van der Waals surface area contributed by atoms with E-state index in [1.54, 1.807) is 19.9 Å². The first-order valence-electron chi connectivity index (χ1n) is 12.1. The normalized spacial score (nSPS) is 30.8. The van der Waals surface area contributed by atoms with E-state index in [9.17, 15) is 45.6 Å². The molecule has 8 N–H and O–H groups in total. The van der Waals surface area contributed by atoms with E-state index in [0.717, 1.165) is 6.07 Å². The van der Waals surface area contributed by atoms with Crippen LogP contribution >= 0.6 is 0 Å². The summed E-state index contributed by atoms with van der Waals surface area (Å²) in [5.74, 6) is -3.59. The highest BCUT2D eigenvalue weighted by atomic mass is 16.5. The van der Waals surface area contributed by atoms with Gasteiger partial charge in [-0.3, -0.25) is 4.79 Å². The number of benzene rings is 2. The smallest absolute Gasteiger partial charge is 0.181 e. The SMILES string of the molecule is CC(C)(O)[C@@H]1COc2cc(O)c([C@H]3COc4c(c(O)cc(O)c4[C@H]4O[C@@H](CO)[C@@H](O)[C@@H](O)[C@@H]4O)C3=O)cc21. The zero-order valence-electron chi connectivity index (χ0n) is 20.6. The number of carbonyl (C=O) groups is 1. The van der Waals surface area contributed by atoms with Gasteiger partial charge in [-0.05, 0) is 19.9 Å². The largest absolute Gasteiger partial charge is 0.508 e. The van der Waals surface area contributed by atoms with Crippen molar-refractivity contribution in [2.75, 3.05) is 19.8 Å². The van der Waals surface area contributed by atoms with Crippen LogP contribution in [-0.4, -0.2) is 96.5 Å². The number of hydrogen-bond donors (Lipinski definition) is 8. The van der Waals surface area contributed by atoms with Crippen LogP contribution in [0.3, 0.4) is 0 Å². The minimum Gasteiger partial charge on any atom is -0.508 e. The summed E-state index contributed by atoms with van der Waals surface area (Å²) >= 11 is 0. The Kier molecular flexibility index (Phi) is 6.45. The Bertz CT molecular complexity index is 1270. The molecular formula is C26H30O12. The number of aliphatic hydroxyl groups is 5. The number of Topliss-reactive ketones (excluding diaryl/α,β-unsaturated/α-hetero) is 1. The van der Waals surface area contributed by atoms with E-state index in [1.165, 1.54) is 6.07 Å². The molecule has 0 radical (unpaired) electrons. The maximum Gasteiger partial charge on any atom is 0.181 e. The first kappa shape index (κ1) is 26.5. The van der Waals surface area contributed by atoms with Crippen LogP contribution in [0.25, 0.3) is 0 Å². The van der Waals surface area contributed by atoms with Crippen LogP contribution in [0.2, 0.25) is 0 Å². The molecule has 0 amide bonds. The lowest BCUT2D eigenvalue weighted by Crippen LogP contribution is -2.55. The number of phenols is 3. The molecule has 38 heavy (non-hydrogen) atoms. The molecule has 2 aromatic carbocycles. The lowest BCUT2D eigenvalue weighted by atomic mass is 9.81. The Morgan fingerprint density at radius 1 is 0.895 bits per heavy atom. The van der Waals surface area contributed by atoms with Crippen molar-refractivity contribution in [1.82, 2.24) is 0 Å². The Morgan fingerprint density at radius 2 is 1.61 bits per heavy atom. The van der Waals surface area contributed by atoms with E-state index in [-0.39, 0.29) is 41.4 Å². The van der Waals surface area contributed by atoms with Crippen LogP contribution in [0, 0.1) is 0 Å². The summed E-state index contributed by atoms with van der Waals surface area (Å²) in [5, 5.41) is 83.0. The highest BCUT2D eigenvalue weighted by Crippen LogP contribution is 2.51. The van der Waals surface area contributed by atoms with Gasteiger partial charge in [0, 0.05) is 23.3 Å².